The zero-order valence-corrected chi connectivity index (χ0v) is 21.6. The number of hydroxylamine groups is 1. The molecule has 2 heterocycles. The maximum Gasteiger partial charge on any atom is 0.231 e. The number of hydrogen-bond acceptors (Lipinski definition) is 10. The Morgan fingerprint density at radius 3 is 2.32 bits per heavy atom. The molecule has 5 rings (SSSR count). The Kier molecular flexibility index (Phi) is 8.28. The number of nitrogens with one attached hydrogen (secondary N) is 1. The number of benzene rings is 2. The van der Waals surface area contributed by atoms with Crippen molar-refractivity contribution in [2.45, 2.75) is 62.6 Å². The topological polar surface area (TPSA) is 95.1 Å². The minimum Gasteiger partial charge on any atom is -0.454 e. The van der Waals surface area contributed by atoms with E-state index in [1.165, 1.54) is 0 Å². The minimum absolute atomic E-state index is 0.0673. The molecule has 2 fully saturated rings. The highest BCUT2D eigenvalue weighted by Crippen LogP contribution is 2.47. The summed E-state index contributed by atoms with van der Waals surface area (Å²) in [6.45, 7) is 4.48. The van der Waals surface area contributed by atoms with Gasteiger partial charge in [-0.25, -0.2) is 0 Å². The SMILES string of the molecule is COCO[C@@H]1[C@H]2OC(C)(C)O[C@H]2[C@H](NOCc2ccccc2)[C@H](c2ccc3c(c2)OCO3)[C@H]1OCOC. The van der Waals surface area contributed by atoms with Crippen LogP contribution in [0.3, 0.4) is 0 Å². The van der Waals surface area contributed by atoms with Crippen LogP contribution in [-0.4, -0.2) is 70.8 Å². The molecular formula is C27H35NO9. The predicted molar refractivity (Wildman–Crippen MR) is 131 cm³/mol. The molecule has 0 radical (unpaired) electrons. The lowest BCUT2D eigenvalue weighted by atomic mass is 9.73. The zero-order valence-electron chi connectivity index (χ0n) is 21.6. The van der Waals surface area contributed by atoms with Gasteiger partial charge in [0.15, 0.2) is 17.3 Å². The molecule has 0 amide bonds. The van der Waals surface area contributed by atoms with Crippen molar-refractivity contribution in [2.24, 2.45) is 0 Å². The van der Waals surface area contributed by atoms with E-state index in [1.807, 2.05) is 62.4 Å². The summed E-state index contributed by atoms with van der Waals surface area (Å²) in [5, 5.41) is 0. The normalized spacial score (nSPS) is 29.8. The molecule has 0 unspecified atom stereocenters. The fourth-order valence-corrected chi connectivity index (χ4v) is 5.28. The standard InChI is InChI=1S/C27H35NO9/c1-27(2)36-24-22(28-35-13-17-8-6-5-7-9-17)21(18-10-11-19-20(12-18)32-16-31-19)23(33-14-29-3)25(26(24)37-27)34-15-30-4/h5-12,21-26,28H,13-16H2,1-4H3/t21-,22+,23+,24-,25-,26-/m0/s1. The molecule has 37 heavy (non-hydrogen) atoms. The van der Waals surface area contributed by atoms with Crippen LogP contribution in [0.25, 0.3) is 0 Å². The van der Waals surface area contributed by atoms with E-state index in [0.29, 0.717) is 18.1 Å². The number of hydrogen-bond donors (Lipinski definition) is 1. The Balaban J connectivity index is 1.51. The van der Waals surface area contributed by atoms with Gasteiger partial charge in [0.25, 0.3) is 0 Å². The van der Waals surface area contributed by atoms with Crippen molar-refractivity contribution < 1.29 is 42.7 Å². The summed E-state index contributed by atoms with van der Waals surface area (Å²) in [4.78, 5) is 6.06. The fourth-order valence-electron chi connectivity index (χ4n) is 5.28. The first-order valence-electron chi connectivity index (χ1n) is 12.4. The summed E-state index contributed by atoms with van der Waals surface area (Å²) in [6.07, 6.45) is -1.86. The number of fused-ring (bicyclic) bond motifs is 2. The molecule has 2 aliphatic heterocycles. The second kappa shape index (κ2) is 11.6. The van der Waals surface area contributed by atoms with Gasteiger partial charge in [0.1, 0.15) is 31.9 Å². The van der Waals surface area contributed by atoms with Crippen LogP contribution in [0.4, 0.5) is 0 Å². The Labute approximate surface area is 216 Å². The largest absolute Gasteiger partial charge is 0.454 e. The molecule has 3 aliphatic rings. The Morgan fingerprint density at radius 2 is 1.57 bits per heavy atom. The highest BCUT2D eigenvalue weighted by Gasteiger charge is 2.60. The van der Waals surface area contributed by atoms with Gasteiger partial charge in [0, 0.05) is 20.1 Å². The second-order valence-corrected chi connectivity index (χ2v) is 9.70. The number of methoxy groups -OCH3 is 2. The summed E-state index contributed by atoms with van der Waals surface area (Å²) >= 11 is 0. The van der Waals surface area contributed by atoms with Crippen molar-refractivity contribution in [2.75, 3.05) is 34.6 Å². The van der Waals surface area contributed by atoms with Crippen LogP contribution in [0, 0.1) is 0 Å². The molecule has 2 aromatic carbocycles. The van der Waals surface area contributed by atoms with Gasteiger partial charge in [-0.3, -0.25) is 4.84 Å². The number of ether oxygens (including phenoxy) is 8. The van der Waals surface area contributed by atoms with Gasteiger partial charge < -0.3 is 37.9 Å². The third-order valence-corrected chi connectivity index (χ3v) is 6.75. The summed E-state index contributed by atoms with van der Waals surface area (Å²) in [7, 11) is 3.17. The smallest absolute Gasteiger partial charge is 0.231 e. The molecule has 0 aromatic heterocycles. The summed E-state index contributed by atoms with van der Waals surface area (Å²) in [5.41, 5.74) is 5.28. The van der Waals surface area contributed by atoms with Crippen LogP contribution in [0.1, 0.15) is 30.9 Å². The number of rotatable bonds is 11. The van der Waals surface area contributed by atoms with Gasteiger partial charge in [-0.1, -0.05) is 36.4 Å². The average molecular weight is 518 g/mol. The molecule has 6 atom stereocenters. The van der Waals surface area contributed by atoms with E-state index < -0.39 is 30.2 Å². The van der Waals surface area contributed by atoms with Crippen molar-refractivity contribution >= 4 is 0 Å². The summed E-state index contributed by atoms with van der Waals surface area (Å²) < 4.78 is 47.1. The summed E-state index contributed by atoms with van der Waals surface area (Å²) in [5.74, 6) is 0.248. The lowest BCUT2D eigenvalue weighted by molar-refractivity contribution is -0.222. The molecule has 1 saturated carbocycles. The fraction of sp³-hybridized carbons (Fsp3) is 0.556. The van der Waals surface area contributed by atoms with Crippen molar-refractivity contribution in [1.29, 1.82) is 0 Å². The van der Waals surface area contributed by atoms with Gasteiger partial charge in [-0.15, -0.1) is 0 Å². The van der Waals surface area contributed by atoms with Crippen molar-refractivity contribution in [3.8, 4) is 11.5 Å². The van der Waals surface area contributed by atoms with E-state index in [-0.39, 0.29) is 32.3 Å². The van der Waals surface area contributed by atoms with Crippen LogP contribution in [0.15, 0.2) is 48.5 Å². The van der Waals surface area contributed by atoms with Gasteiger partial charge in [0.05, 0.1) is 18.8 Å². The van der Waals surface area contributed by atoms with Crippen LogP contribution < -0.4 is 15.0 Å². The molecule has 0 bridgehead atoms. The monoisotopic (exact) mass is 517 g/mol. The third-order valence-electron chi connectivity index (χ3n) is 6.75. The first-order chi connectivity index (χ1) is 18.0. The lowest BCUT2D eigenvalue weighted by Gasteiger charge is -2.47. The van der Waals surface area contributed by atoms with Crippen molar-refractivity contribution in [3.05, 3.63) is 59.7 Å². The van der Waals surface area contributed by atoms with E-state index in [9.17, 15) is 0 Å². The lowest BCUT2D eigenvalue weighted by Crippen LogP contribution is -2.64. The molecule has 2 aromatic rings. The molecule has 1 N–H and O–H groups in total. The minimum atomic E-state index is -0.834. The maximum atomic E-state index is 6.45. The average Bonchev–Trinajstić information content (AvgIpc) is 3.50. The third kappa shape index (κ3) is 5.76. The van der Waals surface area contributed by atoms with E-state index in [1.54, 1.807) is 14.2 Å². The van der Waals surface area contributed by atoms with E-state index in [0.717, 1.165) is 11.1 Å². The molecule has 10 heteroatoms. The zero-order chi connectivity index (χ0) is 25.8. The highest BCUT2D eigenvalue weighted by molar-refractivity contribution is 5.46. The van der Waals surface area contributed by atoms with E-state index >= 15 is 0 Å². The van der Waals surface area contributed by atoms with Crippen LogP contribution >= 0.6 is 0 Å². The Hall–Kier alpha value is -2.28. The molecule has 202 valence electrons. The molecule has 0 spiro atoms. The van der Waals surface area contributed by atoms with Crippen LogP contribution in [-0.2, 0) is 39.9 Å². The summed E-state index contributed by atoms with van der Waals surface area (Å²) in [6, 6.07) is 15.5. The Morgan fingerprint density at radius 1 is 0.865 bits per heavy atom. The van der Waals surface area contributed by atoms with E-state index in [4.69, 9.17) is 42.7 Å². The quantitative estimate of drug-likeness (QED) is 0.354. The molecular weight excluding hydrogens is 482 g/mol. The van der Waals surface area contributed by atoms with Crippen LogP contribution in [0.5, 0.6) is 11.5 Å². The first-order valence-corrected chi connectivity index (χ1v) is 12.4. The molecule has 1 saturated heterocycles. The first kappa shape index (κ1) is 26.3. The van der Waals surface area contributed by atoms with E-state index in [2.05, 4.69) is 5.48 Å². The predicted octanol–water partition coefficient (Wildman–Crippen LogP) is 3.10. The molecule has 1 aliphatic carbocycles. The van der Waals surface area contributed by atoms with Crippen molar-refractivity contribution in [1.82, 2.24) is 5.48 Å². The van der Waals surface area contributed by atoms with Gasteiger partial charge in [-0.2, -0.15) is 5.48 Å². The highest BCUT2D eigenvalue weighted by atomic mass is 16.8. The van der Waals surface area contributed by atoms with Gasteiger partial charge in [0.2, 0.25) is 6.79 Å². The Bertz CT molecular complexity index is 1020. The van der Waals surface area contributed by atoms with Crippen LogP contribution in [0.2, 0.25) is 0 Å². The second-order valence-electron chi connectivity index (χ2n) is 9.70. The van der Waals surface area contributed by atoms with Gasteiger partial charge in [-0.05, 0) is 37.1 Å². The van der Waals surface area contributed by atoms with Gasteiger partial charge >= 0.3 is 0 Å². The molecule has 10 nitrogen and oxygen atoms in total. The maximum absolute atomic E-state index is 6.45. The van der Waals surface area contributed by atoms with Crippen molar-refractivity contribution in [3.63, 3.8) is 0 Å².